The van der Waals surface area contributed by atoms with Crippen LogP contribution in [0.25, 0.3) is 0 Å². The Labute approximate surface area is 177 Å². The lowest BCUT2D eigenvalue weighted by atomic mass is 10.1. The van der Waals surface area contributed by atoms with Crippen LogP contribution in [-0.4, -0.2) is 50.1 Å². The fourth-order valence-corrected chi connectivity index (χ4v) is 2.98. The first kappa shape index (κ1) is 23.2. The molecule has 0 atom stereocenters. The number of morpholine rings is 1. The van der Waals surface area contributed by atoms with E-state index in [1.807, 2.05) is 19.2 Å². The second-order valence-corrected chi connectivity index (χ2v) is 7.93. The smallest absolute Gasteiger partial charge is 0.149 e. The van der Waals surface area contributed by atoms with Gasteiger partial charge in [0.2, 0.25) is 0 Å². The van der Waals surface area contributed by atoms with Crippen LogP contribution in [0.2, 0.25) is 0 Å². The summed E-state index contributed by atoms with van der Waals surface area (Å²) in [6, 6.07) is 6.38. The van der Waals surface area contributed by atoms with Gasteiger partial charge in [-0.1, -0.05) is 45.9 Å². The number of nitrogens with one attached hydrogen (secondary N) is 1. The highest BCUT2D eigenvalue weighted by Crippen LogP contribution is 2.34. The largest absolute Gasteiger partial charge is 0.379 e. The summed E-state index contributed by atoms with van der Waals surface area (Å²) in [5.41, 5.74) is 4.29. The Morgan fingerprint density at radius 1 is 1.28 bits per heavy atom. The van der Waals surface area contributed by atoms with Crippen molar-refractivity contribution < 1.29 is 4.74 Å². The normalized spacial score (nSPS) is 18.6. The van der Waals surface area contributed by atoms with Crippen molar-refractivity contribution in [2.45, 2.75) is 41.0 Å². The van der Waals surface area contributed by atoms with Gasteiger partial charge in [0.15, 0.2) is 0 Å². The van der Waals surface area contributed by atoms with Crippen molar-refractivity contribution in [3.63, 3.8) is 0 Å². The molecule has 0 aromatic heterocycles. The third-order valence-corrected chi connectivity index (χ3v) is 5.13. The molecule has 29 heavy (non-hydrogen) atoms. The van der Waals surface area contributed by atoms with Gasteiger partial charge in [-0.25, -0.2) is 0 Å². The Balaban J connectivity index is 0.000000537. The van der Waals surface area contributed by atoms with Crippen LogP contribution in [0.3, 0.4) is 0 Å². The quantitative estimate of drug-likeness (QED) is 0.753. The molecule has 3 rings (SSSR count). The van der Waals surface area contributed by atoms with Gasteiger partial charge in [0.25, 0.3) is 0 Å². The number of nitrogens with zero attached hydrogens (tertiary/aromatic N) is 3. The van der Waals surface area contributed by atoms with Gasteiger partial charge in [-0.2, -0.15) is 0 Å². The maximum atomic E-state index is 5.38. The maximum absolute atomic E-state index is 5.38. The molecule has 160 valence electrons. The summed E-state index contributed by atoms with van der Waals surface area (Å²) in [5, 5.41) is 3.43. The number of amidine groups is 1. The van der Waals surface area contributed by atoms with E-state index in [-0.39, 0.29) is 0 Å². The average Bonchev–Trinajstić information content (AvgIpc) is 2.72. The maximum Gasteiger partial charge on any atom is 0.149 e. The van der Waals surface area contributed by atoms with Crippen molar-refractivity contribution in [2.75, 3.05) is 49.6 Å². The van der Waals surface area contributed by atoms with E-state index in [4.69, 9.17) is 9.73 Å². The molecule has 5 nitrogen and oxygen atoms in total. The summed E-state index contributed by atoms with van der Waals surface area (Å²) < 4.78 is 5.38. The third-order valence-electron chi connectivity index (χ3n) is 5.13. The monoisotopic (exact) mass is 398 g/mol. The number of hydrogen-bond acceptors (Lipinski definition) is 4. The minimum atomic E-state index is 0.756. The van der Waals surface area contributed by atoms with Gasteiger partial charge in [0.05, 0.1) is 36.8 Å². The molecule has 2 aliphatic rings. The number of aryl methyl sites for hydroxylation is 1. The predicted molar refractivity (Wildman–Crippen MR) is 126 cm³/mol. The Morgan fingerprint density at radius 2 is 1.97 bits per heavy atom. The molecule has 1 saturated heterocycles. The molecule has 0 saturated carbocycles. The molecule has 1 aromatic carbocycles. The van der Waals surface area contributed by atoms with Crippen LogP contribution < -0.4 is 10.2 Å². The molecule has 0 amide bonds. The average molecular weight is 399 g/mol. The molecule has 0 radical (unpaired) electrons. The molecular weight excluding hydrogens is 360 g/mol. The van der Waals surface area contributed by atoms with E-state index in [9.17, 15) is 0 Å². The molecule has 1 fully saturated rings. The van der Waals surface area contributed by atoms with Crippen LogP contribution in [0.15, 0.2) is 47.7 Å². The first-order chi connectivity index (χ1) is 14.0. The lowest BCUT2D eigenvalue weighted by Crippen LogP contribution is -2.38. The summed E-state index contributed by atoms with van der Waals surface area (Å²) in [6.07, 6.45) is 5.37. The van der Waals surface area contributed by atoms with Crippen LogP contribution in [-0.2, 0) is 4.74 Å². The fourth-order valence-electron chi connectivity index (χ4n) is 2.98. The number of benzene rings is 1. The topological polar surface area (TPSA) is 40.1 Å². The van der Waals surface area contributed by atoms with Crippen molar-refractivity contribution in [3.05, 3.63) is 48.3 Å². The lowest BCUT2D eigenvalue weighted by Gasteiger charge is -2.32. The predicted octanol–water partition coefficient (Wildman–Crippen LogP) is 5.06. The second kappa shape index (κ2) is 11.8. The number of aliphatic imine (C=N–C) groups is 1. The Kier molecular flexibility index (Phi) is 9.42. The summed E-state index contributed by atoms with van der Waals surface area (Å²) in [5.74, 6) is 1.73. The van der Waals surface area contributed by atoms with Crippen molar-refractivity contribution in [2.24, 2.45) is 10.9 Å². The SMILES string of the molecule is C=C1C(=NCCN2CCOCC2)Nc2ccc(C)cc2N1/C=C\C.CCC(C)C. The molecule has 0 unspecified atom stereocenters. The van der Waals surface area contributed by atoms with Crippen molar-refractivity contribution >= 4 is 17.2 Å². The molecule has 1 aromatic rings. The zero-order chi connectivity index (χ0) is 21.2. The van der Waals surface area contributed by atoms with Crippen LogP contribution in [0, 0.1) is 12.8 Å². The highest BCUT2D eigenvalue weighted by Gasteiger charge is 2.23. The molecular formula is C24H38N4O. The number of allylic oxidation sites excluding steroid dienone is 1. The van der Waals surface area contributed by atoms with Gasteiger partial charge in [-0.05, 0) is 37.5 Å². The number of anilines is 2. The zero-order valence-corrected chi connectivity index (χ0v) is 18.9. The first-order valence-electron chi connectivity index (χ1n) is 10.8. The number of hydrogen-bond donors (Lipinski definition) is 1. The number of ether oxygens (including phenoxy) is 1. The zero-order valence-electron chi connectivity index (χ0n) is 18.9. The molecule has 2 aliphatic heterocycles. The van der Waals surface area contributed by atoms with Gasteiger partial charge in [0.1, 0.15) is 5.84 Å². The van der Waals surface area contributed by atoms with E-state index in [1.165, 1.54) is 12.0 Å². The Hall–Kier alpha value is -2.11. The van der Waals surface area contributed by atoms with Crippen molar-refractivity contribution in [1.82, 2.24) is 4.90 Å². The Morgan fingerprint density at radius 3 is 2.59 bits per heavy atom. The van der Waals surface area contributed by atoms with Crippen molar-refractivity contribution in [3.8, 4) is 0 Å². The summed E-state index contributed by atoms with van der Waals surface area (Å²) in [7, 11) is 0. The molecule has 2 heterocycles. The fraction of sp³-hybridized carbons (Fsp3) is 0.542. The van der Waals surface area contributed by atoms with E-state index in [2.05, 4.69) is 67.6 Å². The molecule has 1 N–H and O–H groups in total. The van der Waals surface area contributed by atoms with Gasteiger partial charge in [0, 0.05) is 25.8 Å². The minimum absolute atomic E-state index is 0.756. The van der Waals surface area contributed by atoms with Crippen LogP contribution >= 0.6 is 0 Å². The molecule has 0 aliphatic carbocycles. The second-order valence-electron chi connectivity index (χ2n) is 7.93. The van der Waals surface area contributed by atoms with E-state index >= 15 is 0 Å². The molecule has 5 heteroatoms. The minimum Gasteiger partial charge on any atom is -0.379 e. The van der Waals surface area contributed by atoms with Gasteiger partial charge >= 0.3 is 0 Å². The number of rotatable bonds is 5. The van der Waals surface area contributed by atoms with Gasteiger partial charge < -0.3 is 15.0 Å². The summed E-state index contributed by atoms with van der Waals surface area (Å²) in [4.78, 5) is 9.25. The van der Waals surface area contributed by atoms with Gasteiger partial charge in [-0.15, -0.1) is 0 Å². The third kappa shape index (κ3) is 7.02. The Bertz CT molecular complexity index is 718. The van der Waals surface area contributed by atoms with Crippen molar-refractivity contribution in [1.29, 1.82) is 0 Å². The van der Waals surface area contributed by atoms with E-state index in [0.29, 0.717) is 0 Å². The highest BCUT2D eigenvalue weighted by molar-refractivity contribution is 6.15. The van der Waals surface area contributed by atoms with Crippen LogP contribution in [0.4, 0.5) is 11.4 Å². The summed E-state index contributed by atoms with van der Waals surface area (Å²) in [6.45, 7) is 20.3. The highest BCUT2D eigenvalue weighted by atomic mass is 16.5. The van der Waals surface area contributed by atoms with Crippen LogP contribution in [0.5, 0.6) is 0 Å². The summed E-state index contributed by atoms with van der Waals surface area (Å²) >= 11 is 0. The van der Waals surface area contributed by atoms with Gasteiger partial charge in [-0.3, -0.25) is 9.89 Å². The molecule has 0 spiro atoms. The number of fused-ring (bicyclic) bond motifs is 1. The standard InChI is InChI=1S/C19H26N4O.C5H12/c1-4-8-23-16(3)19(20-7-9-22-10-12-24-13-11-22)21-17-6-5-15(2)14-18(17)23;1-4-5(2)3/h4-6,8,14H,3,7,9-13H2,1-2H3,(H,20,21);5H,4H2,1-3H3/b8-4-;. The van der Waals surface area contributed by atoms with Crippen LogP contribution in [0.1, 0.15) is 39.7 Å². The lowest BCUT2D eigenvalue weighted by molar-refractivity contribution is 0.0394. The van der Waals surface area contributed by atoms with E-state index in [1.54, 1.807) is 0 Å². The van der Waals surface area contributed by atoms with E-state index < -0.39 is 0 Å². The first-order valence-corrected chi connectivity index (χ1v) is 10.8. The molecule has 0 bridgehead atoms. The van der Waals surface area contributed by atoms with E-state index in [0.717, 1.165) is 68.2 Å².